The summed E-state index contributed by atoms with van der Waals surface area (Å²) in [5.41, 5.74) is 4.70. The Hall–Kier alpha value is -1.30. The predicted molar refractivity (Wildman–Crippen MR) is 75.4 cm³/mol. The Morgan fingerprint density at radius 3 is 2.35 bits per heavy atom. The summed E-state index contributed by atoms with van der Waals surface area (Å²) < 4.78 is 5.40. The number of carboxylic acid groups (broad SMARTS) is 1. The molecule has 1 saturated heterocycles. The lowest BCUT2D eigenvalue weighted by atomic mass is 9.79. The monoisotopic (exact) mass is 286 g/mol. The first-order valence-corrected chi connectivity index (χ1v) is 6.93. The summed E-state index contributed by atoms with van der Waals surface area (Å²) in [6.45, 7) is 9.77. The Labute approximate surface area is 120 Å². The van der Waals surface area contributed by atoms with Crippen LogP contribution in [0.2, 0.25) is 0 Å². The van der Waals surface area contributed by atoms with Crippen molar-refractivity contribution in [3.63, 3.8) is 0 Å². The molecule has 0 aliphatic carbocycles. The molecule has 2 atom stereocenters. The van der Waals surface area contributed by atoms with Gasteiger partial charge in [0, 0.05) is 12.1 Å². The summed E-state index contributed by atoms with van der Waals surface area (Å²) in [5, 5.41) is 9.00. The minimum absolute atomic E-state index is 0.124. The third-order valence-electron chi connectivity index (χ3n) is 3.62. The first-order chi connectivity index (χ1) is 8.94. The van der Waals surface area contributed by atoms with Gasteiger partial charge in [-0.15, -0.1) is 0 Å². The number of ether oxygens (including phenoxy) is 1. The standard InChI is InChI=1S/C14H26N2O4/c1-13(2,3)20-12(19)16-7-6-9(8-14(16,4)5)10(15)11(17)18/h9-10H,6-8,15H2,1-5H3,(H,17,18). The Morgan fingerprint density at radius 1 is 1.40 bits per heavy atom. The second kappa shape index (κ2) is 5.60. The van der Waals surface area contributed by atoms with Crippen LogP contribution in [0.5, 0.6) is 0 Å². The molecule has 1 amide bonds. The zero-order chi connectivity index (χ0) is 15.7. The van der Waals surface area contributed by atoms with Crippen molar-refractivity contribution < 1.29 is 19.4 Å². The molecule has 1 aliphatic rings. The number of piperidine rings is 1. The fourth-order valence-corrected chi connectivity index (χ4v) is 2.62. The van der Waals surface area contributed by atoms with Crippen molar-refractivity contribution in [2.45, 2.75) is 64.6 Å². The van der Waals surface area contributed by atoms with Gasteiger partial charge in [0.2, 0.25) is 0 Å². The number of amides is 1. The fourth-order valence-electron chi connectivity index (χ4n) is 2.62. The maximum absolute atomic E-state index is 12.2. The van der Waals surface area contributed by atoms with Gasteiger partial charge in [-0.1, -0.05) is 0 Å². The molecule has 116 valence electrons. The van der Waals surface area contributed by atoms with Crippen LogP contribution in [-0.2, 0) is 9.53 Å². The van der Waals surface area contributed by atoms with Gasteiger partial charge in [-0.3, -0.25) is 4.79 Å². The number of likely N-dealkylation sites (tertiary alicyclic amines) is 1. The topological polar surface area (TPSA) is 92.9 Å². The van der Waals surface area contributed by atoms with Crippen molar-refractivity contribution in [3.05, 3.63) is 0 Å². The lowest BCUT2D eigenvalue weighted by Crippen LogP contribution is -2.57. The van der Waals surface area contributed by atoms with E-state index in [2.05, 4.69) is 0 Å². The van der Waals surface area contributed by atoms with Gasteiger partial charge in [-0.25, -0.2) is 4.79 Å². The second-order valence-electron chi connectivity index (χ2n) is 7.06. The van der Waals surface area contributed by atoms with Gasteiger partial charge in [-0.05, 0) is 53.4 Å². The summed E-state index contributed by atoms with van der Waals surface area (Å²) in [6.07, 6.45) is 0.778. The van der Waals surface area contributed by atoms with Crippen molar-refractivity contribution in [2.75, 3.05) is 6.54 Å². The van der Waals surface area contributed by atoms with Gasteiger partial charge < -0.3 is 20.5 Å². The number of hydrogen-bond acceptors (Lipinski definition) is 4. The van der Waals surface area contributed by atoms with Gasteiger partial charge >= 0.3 is 12.1 Å². The third kappa shape index (κ3) is 4.10. The van der Waals surface area contributed by atoms with Crippen LogP contribution < -0.4 is 5.73 Å². The molecule has 1 aliphatic heterocycles. The normalized spacial score (nSPS) is 24.1. The molecule has 20 heavy (non-hydrogen) atoms. The number of carboxylic acids is 1. The van der Waals surface area contributed by atoms with Gasteiger partial charge in [0.1, 0.15) is 11.6 Å². The Kier molecular flexibility index (Phi) is 4.69. The summed E-state index contributed by atoms with van der Waals surface area (Å²) in [5.74, 6) is -1.11. The van der Waals surface area contributed by atoms with Crippen LogP contribution in [0.25, 0.3) is 0 Å². The number of hydrogen-bond donors (Lipinski definition) is 2. The average molecular weight is 286 g/mol. The first kappa shape index (κ1) is 16.8. The molecule has 0 aromatic rings. The van der Waals surface area contributed by atoms with Crippen molar-refractivity contribution in [3.8, 4) is 0 Å². The van der Waals surface area contributed by atoms with Crippen molar-refractivity contribution in [1.29, 1.82) is 0 Å². The highest BCUT2D eigenvalue weighted by molar-refractivity contribution is 5.74. The van der Waals surface area contributed by atoms with E-state index in [0.29, 0.717) is 19.4 Å². The van der Waals surface area contributed by atoms with E-state index < -0.39 is 23.2 Å². The smallest absolute Gasteiger partial charge is 0.410 e. The van der Waals surface area contributed by atoms with Crippen LogP contribution in [-0.4, -0.2) is 45.8 Å². The van der Waals surface area contributed by atoms with Crippen LogP contribution in [0.1, 0.15) is 47.5 Å². The number of nitrogens with two attached hydrogens (primary N) is 1. The summed E-state index contributed by atoms with van der Waals surface area (Å²) in [7, 11) is 0. The molecule has 0 saturated carbocycles. The highest BCUT2D eigenvalue weighted by Crippen LogP contribution is 2.34. The van der Waals surface area contributed by atoms with Crippen LogP contribution >= 0.6 is 0 Å². The number of carbonyl (C=O) groups excluding carboxylic acids is 1. The van der Waals surface area contributed by atoms with Crippen molar-refractivity contribution >= 4 is 12.1 Å². The number of nitrogens with zero attached hydrogens (tertiary/aromatic N) is 1. The zero-order valence-electron chi connectivity index (χ0n) is 13.0. The van der Waals surface area contributed by atoms with E-state index in [9.17, 15) is 9.59 Å². The molecule has 1 fully saturated rings. The lowest BCUT2D eigenvalue weighted by molar-refractivity contribution is -0.140. The molecule has 0 aromatic heterocycles. The number of rotatable bonds is 2. The second-order valence-corrected chi connectivity index (χ2v) is 7.06. The van der Waals surface area contributed by atoms with Crippen molar-refractivity contribution in [1.82, 2.24) is 4.90 Å². The van der Waals surface area contributed by atoms with E-state index in [1.165, 1.54) is 0 Å². The number of carbonyl (C=O) groups is 2. The molecule has 6 nitrogen and oxygen atoms in total. The van der Waals surface area contributed by atoms with E-state index in [0.717, 1.165) is 0 Å². The van der Waals surface area contributed by atoms with Crippen LogP contribution in [0, 0.1) is 5.92 Å². The first-order valence-electron chi connectivity index (χ1n) is 6.93. The molecular formula is C14H26N2O4. The summed E-state index contributed by atoms with van der Waals surface area (Å²) >= 11 is 0. The molecule has 0 aromatic carbocycles. The van der Waals surface area contributed by atoms with Crippen molar-refractivity contribution in [2.24, 2.45) is 11.7 Å². The summed E-state index contributed by atoms with van der Waals surface area (Å²) in [6, 6.07) is -0.880. The quantitative estimate of drug-likeness (QED) is 0.807. The van der Waals surface area contributed by atoms with Crippen LogP contribution in [0.4, 0.5) is 4.79 Å². The minimum atomic E-state index is -0.989. The lowest BCUT2D eigenvalue weighted by Gasteiger charge is -2.46. The zero-order valence-corrected chi connectivity index (χ0v) is 13.0. The van der Waals surface area contributed by atoms with Gasteiger partial charge in [0.25, 0.3) is 0 Å². The molecule has 0 bridgehead atoms. The molecule has 1 heterocycles. The Morgan fingerprint density at radius 2 is 1.95 bits per heavy atom. The molecule has 3 N–H and O–H groups in total. The summed E-state index contributed by atoms with van der Waals surface area (Å²) in [4.78, 5) is 24.8. The largest absolute Gasteiger partial charge is 0.480 e. The van der Waals surface area contributed by atoms with E-state index in [1.54, 1.807) is 4.90 Å². The highest BCUT2D eigenvalue weighted by Gasteiger charge is 2.42. The predicted octanol–water partition coefficient (Wildman–Crippen LogP) is 1.82. The highest BCUT2D eigenvalue weighted by atomic mass is 16.6. The van der Waals surface area contributed by atoms with Crippen LogP contribution in [0.3, 0.4) is 0 Å². The van der Waals surface area contributed by atoms with Crippen LogP contribution in [0.15, 0.2) is 0 Å². The van der Waals surface area contributed by atoms with E-state index in [1.807, 2.05) is 34.6 Å². The van der Waals surface area contributed by atoms with E-state index in [4.69, 9.17) is 15.6 Å². The van der Waals surface area contributed by atoms with Gasteiger partial charge in [0.05, 0.1) is 0 Å². The Balaban J connectivity index is 2.76. The van der Waals surface area contributed by atoms with Gasteiger partial charge in [0.15, 0.2) is 0 Å². The van der Waals surface area contributed by atoms with Gasteiger partial charge in [-0.2, -0.15) is 0 Å². The molecule has 6 heteroatoms. The fraction of sp³-hybridized carbons (Fsp3) is 0.857. The molecule has 1 rings (SSSR count). The molecular weight excluding hydrogens is 260 g/mol. The average Bonchev–Trinajstić information content (AvgIpc) is 2.23. The molecule has 2 unspecified atom stereocenters. The minimum Gasteiger partial charge on any atom is -0.480 e. The Bertz CT molecular complexity index is 387. The van der Waals surface area contributed by atoms with E-state index >= 15 is 0 Å². The maximum Gasteiger partial charge on any atom is 0.410 e. The molecule has 0 spiro atoms. The SMILES string of the molecule is CC(C)(C)OC(=O)N1CCC(C(N)C(=O)O)CC1(C)C. The number of aliphatic carboxylic acids is 1. The maximum atomic E-state index is 12.2. The molecule has 0 radical (unpaired) electrons. The van der Waals surface area contributed by atoms with E-state index in [-0.39, 0.29) is 12.0 Å². The third-order valence-corrected chi connectivity index (χ3v) is 3.62.